The van der Waals surface area contributed by atoms with Crippen molar-refractivity contribution in [2.24, 2.45) is 0 Å². The molecule has 0 unspecified atom stereocenters. The summed E-state index contributed by atoms with van der Waals surface area (Å²) >= 11 is 6.66. The number of aromatic nitrogens is 2. The van der Waals surface area contributed by atoms with Gasteiger partial charge in [0.2, 0.25) is 0 Å². The topological polar surface area (TPSA) is 82.5 Å². The van der Waals surface area contributed by atoms with Crippen molar-refractivity contribution >= 4 is 35.0 Å². The van der Waals surface area contributed by atoms with Crippen molar-refractivity contribution in [2.45, 2.75) is 46.6 Å². The molecule has 3 aromatic carbocycles. The molecule has 2 heterocycles. The molecule has 1 aliphatic rings. The van der Waals surface area contributed by atoms with Crippen LogP contribution >= 0.6 is 11.6 Å². The highest BCUT2D eigenvalue weighted by Crippen LogP contribution is 2.27. The Morgan fingerprint density at radius 3 is 2.23 bits per heavy atom. The van der Waals surface area contributed by atoms with E-state index < -0.39 is 0 Å². The van der Waals surface area contributed by atoms with Gasteiger partial charge in [-0.2, -0.15) is 5.10 Å². The number of rotatable bonds is 6. The molecule has 1 aromatic heterocycles. The normalized spacial score (nSPS) is 14.0. The summed E-state index contributed by atoms with van der Waals surface area (Å²) in [5, 5.41) is 11.2. The number of urea groups is 1. The first-order valence-electron chi connectivity index (χ1n) is 14.6. The number of hydrogen-bond donors (Lipinski definition) is 2. The first-order chi connectivity index (χ1) is 20.5. The van der Waals surface area contributed by atoms with Gasteiger partial charge in [0.05, 0.1) is 11.4 Å². The highest BCUT2D eigenvalue weighted by molar-refractivity contribution is 6.31. The molecule has 1 saturated heterocycles. The fourth-order valence-corrected chi connectivity index (χ4v) is 5.32. The van der Waals surface area contributed by atoms with Crippen molar-refractivity contribution in [3.8, 4) is 5.69 Å². The maximum atomic E-state index is 13.1. The summed E-state index contributed by atoms with van der Waals surface area (Å²) in [4.78, 5) is 30.2. The zero-order valence-electron chi connectivity index (χ0n) is 25.4. The van der Waals surface area contributed by atoms with E-state index in [4.69, 9.17) is 16.7 Å². The van der Waals surface area contributed by atoms with Crippen LogP contribution in [0, 0.1) is 13.8 Å². The van der Waals surface area contributed by atoms with Gasteiger partial charge in [-0.15, -0.1) is 0 Å². The lowest BCUT2D eigenvalue weighted by atomic mass is 9.92. The van der Waals surface area contributed by atoms with Crippen LogP contribution in [0.5, 0.6) is 0 Å². The van der Waals surface area contributed by atoms with E-state index in [9.17, 15) is 9.59 Å². The molecule has 3 amide bonds. The predicted molar refractivity (Wildman–Crippen MR) is 173 cm³/mol. The van der Waals surface area contributed by atoms with E-state index in [1.165, 1.54) is 0 Å². The number of carbonyl (C=O) groups excluding carboxylic acids is 2. The van der Waals surface area contributed by atoms with Gasteiger partial charge in [0.1, 0.15) is 5.82 Å². The summed E-state index contributed by atoms with van der Waals surface area (Å²) in [6.07, 6.45) is 0. The lowest BCUT2D eigenvalue weighted by molar-refractivity contribution is 0.0627. The number of nitrogens with one attached hydrogen (secondary N) is 2. The van der Waals surface area contributed by atoms with Crippen molar-refractivity contribution in [1.29, 1.82) is 0 Å². The number of aryl methyl sites for hydroxylation is 2. The predicted octanol–water partition coefficient (Wildman–Crippen LogP) is 7.04. The number of piperazine rings is 1. The Labute approximate surface area is 258 Å². The minimum atomic E-state index is -0.382. The molecule has 8 nitrogen and oxygen atoms in total. The smallest absolute Gasteiger partial charge is 0.324 e. The van der Waals surface area contributed by atoms with Crippen molar-refractivity contribution in [3.05, 3.63) is 106 Å². The van der Waals surface area contributed by atoms with Crippen LogP contribution in [0.3, 0.4) is 0 Å². The SMILES string of the molecule is Cc1ccc(-n2nc(C(C)(C)C)cc2NC(=O)Nc2ccc(CN3CCN(C(=O)c4ccccc4C)CC3)c(Cl)c2)cc1. The molecule has 43 heavy (non-hydrogen) atoms. The third-order valence-electron chi connectivity index (χ3n) is 7.74. The lowest BCUT2D eigenvalue weighted by Gasteiger charge is -2.35. The molecule has 1 fully saturated rings. The number of anilines is 2. The van der Waals surface area contributed by atoms with Gasteiger partial charge in [0.15, 0.2) is 0 Å². The zero-order valence-corrected chi connectivity index (χ0v) is 26.2. The monoisotopic (exact) mass is 598 g/mol. The molecule has 0 radical (unpaired) electrons. The number of hydrogen-bond acceptors (Lipinski definition) is 4. The number of halogens is 1. The molecular formula is C34H39ClN6O2. The molecule has 5 rings (SSSR count). The molecule has 9 heteroatoms. The molecule has 0 atom stereocenters. The van der Waals surface area contributed by atoms with Crippen LogP contribution < -0.4 is 10.6 Å². The molecule has 4 aromatic rings. The largest absolute Gasteiger partial charge is 0.336 e. The van der Waals surface area contributed by atoms with Crippen LogP contribution in [0.2, 0.25) is 5.02 Å². The van der Waals surface area contributed by atoms with Crippen LogP contribution in [0.4, 0.5) is 16.3 Å². The van der Waals surface area contributed by atoms with Crippen LogP contribution in [-0.4, -0.2) is 57.7 Å². The van der Waals surface area contributed by atoms with Crippen molar-refractivity contribution < 1.29 is 9.59 Å². The Balaban J connectivity index is 1.20. The molecule has 0 spiro atoms. The van der Waals surface area contributed by atoms with E-state index in [0.29, 0.717) is 36.2 Å². The Morgan fingerprint density at radius 1 is 0.884 bits per heavy atom. The Bertz CT molecular complexity index is 1610. The fourth-order valence-electron chi connectivity index (χ4n) is 5.08. The molecule has 2 N–H and O–H groups in total. The molecular weight excluding hydrogens is 560 g/mol. The van der Waals surface area contributed by atoms with Gasteiger partial charge < -0.3 is 10.2 Å². The van der Waals surface area contributed by atoms with Gasteiger partial charge in [-0.3, -0.25) is 15.0 Å². The summed E-state index contributed by atoms with van der Waals surface area (Å²) in [5.74, 6) is 0.662. The van der Waals surface area contributed by atoms with E-state index in [1.54, 1.807) is 10.7 Å². The van der Waals surface area contributed by atoms with E-state index in [1.807, 2.05) is 85.5 Å². The number of benzene rings is 3. The van der Waals surface area contributed by atoms with E-state index in [2.05, 4.69) is 36.3 Å². The Morgan fingerprint density at radius 2 is 1.58 bits per heavy atom. The van der Waals surface area contributed by atoms with Gasteiger partial charge in [-0.25, -0.2) is 9.48 Å². The molecule has 224 valence electrons. The van der Waals surface area contributed by atoms with Crippen molar-refractivity contribution in [1.82, 2.24) is 19.6 Å². The first-order valence-corrected chi connectivity index (χ1v) is 15.0. The number of amides is 3. The van der Waals surface area contributed by atoms with E-state index >= 15 is 0 Å². The summed E-state index contributed by atoms with van der Waals surface area (Å²) in [6, 6.07) is 22.8. The van der Waals surface area contributed by atoms with Gasteiger partial charge >= 0.3 is 6.03 Å². The van der Waals surface area contributed by atoms with Crippen LogP contribution in [0.25, 0.3) is 5.69 Å². The van der Waals surface area contributed by atoms with Gasteiger partial charge in [0.25, 0.3) is 5.91 Å². The third-order valence-corrected chi connectivity index (χ3v) is 8.09. The second-order valence-corrected chi connectivity index (χ2v) is 12.6. The van der Waals surface area contributed by atoms with Crippen LogP contribution in [0.1, 0.15) is 53.5 Å². The second-order valence-electron chi connectivity index (χ2n) is 12.2. The molecule has 0 aliphatic carbocycles. The van der Waals surface area contributed by atoms with Gasteiger partial charge in [-0.05, 0) is 55.3 Å². The van der Waals surface area contributed by atoms with Crippen LogP contribution in [-0.2, 0) is 12.0 Å². The van der Waals surface area contributed by atoms with Crippen molar-refractivity contribution in [2.75, 3.05) is 36.8 Å². The number of nitrogens with zero attached hydrogens (tertiary/aromatic N) is 4. The highest BCUT2D eigenvalue weighted by atomic mass is 35.5. The number of carbonyl (C=O) groups is 2. The standard InChI is InChI=1S/C34H39ClN6O2/c1-23-10-14-27(15-11-23)41-31(21-30(38-41)34(3,4)5)37-33(43)36-26-13-12-25(29(35)20-26)22-39-16-18-40(19-17-39)32(42)28-9-7-6-8-24(28)2/h6-15,20-21H,16-19,22H2,1-5H3,(H2,36,37,43). The zero-order chi connectivity index (χ0) is 30.7. The average Bonchev–Trinajstić information content (AvgIpc) is 3.39. The van der Waals surface area contributed by atoms with Crippen LogP contribution in [0.15, 0.2) is 72.8 Å². The summed E-state index contributed by atoms with van der Waals surface area (Å²) in [7, 11) is 0. The maximum absolute atomic E-state index is 13.1. The molecule has 0 saturated carbocycles. The fraction of sp³-hybridized carbons (Fsp3) is 0.324. The third kappa shape index (κ3) is 7.27. The minimum absolute atomic E-state index is 0.0843. The second kappa shape index (κ2) is 12.6. The maximum Gasteiger partial charge on any atom is 0.324 e. The Kier molecular flexibility index (Phi) is 8.89. The van der Waals surface area contributed by atoms with Gasteiger partial charge in [0, 0.05) is 60.5 Å². The van der Waals surface area contributed by atoms with Crippen molar-refractivity contribution in [3.63, 3.8) is 0 Å². The molecule has 1 aliphatic heterocycles. The summed E-state index contributed by atoms with van der Waals surface area (Å²) < 4.78 is 1.75. The first kappa shape index (κ1) is 30.3. The average molecular weight is 599 g/mol. The lowest BCUT2D eigenvalue weighted by Crippen LogP contribution is -2.48. The quantitative estimate of drug-likeness (QED) is 0.249. The van der Waals surface area contributed by atoms with E-state index in [0.717, 1.165) is 46.7 Å². The summed E-state index contributed by atoms with van der Waals surface area (Å²) in [5.41, 5.74) is 6.03. The highest BCUT2D eigenvalue weighted by Gasteiger charge is 2.24. The molecule has 0 bridgehead atoms. The minimum Gasteiger partial charge on any atom is -0.336 e. The Hall–Kier alpha value is -4.14. The van der Waals surface area contributed by atoms with E-state index in [-0.39, 0.29) is 17.4 Å². The van der Waals surface area contributed by atoms with Gasteiger partial charge in [-0.1, -0.05) is 74.3 Å². The summed E-state index contributed by atoms with van der Waals surface area (Å²) in [6.45, 7) is 13.8.